The minimum atomic E-state index is -0.108. The van der Waals surface area contributed by atoms with Crippen LogP contribution in [0.3, 0.4) is 0 Å². The number of hydrogen-bond acceptors (Lipinski definition) is 3. The third-order valence-electron chi connectivity index (χ3n) is 9.48. The van der Waals surface area contributed by atoms with E-state index in [1.165, 1.54) is 44.1 Å². The van der Waals surface area contributed by atoms with E-state index in [1.807, 2.05) is 18.2 Å². The second-order valence-corrected chi connectivity index (χ2v) is 12.5. The van der Waals surface area contributed by atoms with E-state index in [0.717, 1.165) is 22.4 Å². The average molecular weight is 591 g/mol. The van der Waals surface area contributed by atoms with Gasteiger partial charge in [-0.05, 0) is 58.7 Å². The molecule has 0 spiro atoms. The SMILES string of the molecule is CC1(C)c2ccccc2-c2c(-c3nc(-c4ccccc4)nc(-c4ccc(-n5c6ccccc6c6ccccc65)cc4)n3)cccc21. The summed E-state index contributed by atoms with van der Waals surface area (Å²) in [4.78, 5) is 15.3. The molecular formula is C42H30N4. The molecule has 4 nitrogen and oxygen atoms in total. The van der Waals surface area contributed by atoms with Crippen molar-refractivity contribution < 1.29 is 0 Å². The van der Waals surface area contributed by atoms with Gasteiger partial charge < -0.3 is 4.57 Å². The van der Waals surface area contributed by atoms with E-state index in [9.17, 15) is 0 Å². The van der Waals surface area contributed by atoms with E-state index in [0.29, 0.717) is 17.5 Å². The maximum Gasteiger partial charge on any atom is 0.164 e. The maximum atomic E-state index is 5.16. The Bertz CT molecular complexity index is 2380. The summed E-state index contributed by atoms with van der Waals surface area (Å²) in [6.45, 7) is 4.60. The van der Waals surface area contributed by atoms with Crippen LogP contribution >= 0.6 is 0 Å². The number of nitrogens with zero attached hydrogens (tertiary/aromatic N) is 4. The number of rotatable bonds is 4. The Kier molecular flexibility index (Phi) is 5.81. The van der Waals surface area contributed by atoms with Crippen molar-refractivity contribution in [1.82, 2.24) is 19.5 Å². The van der Waals surface area contributed by atoms with E-state index >= 15 is 0 Å². The molecule has 6 aromatic carbocycles. The van der Waals surface area contributed by atoms with E-state index in [1.54, 1.807) is 0 Å². The molecule has 2 aromatic heterocycles. The summed E-state index contributed by atoms with van der Waals surface area (Å²) in [5.41, 5.74) is 11.4. The quantitative estimate of drug-likeness (QED) is 0.205. The standard InChI is InChI=1S/C42H30N4/c1-42(2)34-19-9-6-17-32(34)38-33(18-12-20-35(38)42)41-44-39(27-13-4-3-5-14-27)43-40(45-41)28-23-25-29(26-24-28)46-36-21-10-7-15-30(36)31-16-8-11-22-37(31)46/h3-26H,1-2H3. The van der Waals surface area contributed by atoms with Gasteiger partial charge in [0.15, 0.2) is 17.5 Å². The fraction of sp³-hybridized carbons (Fsp3) is 0.0714. The highest BCUT2D eigenvalue weighted by molar-refractivity contribution is 6.09. The summed E-state index contributed by atoms with van der Waals surface area (Å²) >= 11 is 0. The number of para-hydroxylation sites is 2. The topological polar surface area (TPSA) is 43.6 Å². The highest BCUT2D eigenvalue weighted by Crippen LogP contribution is 2.51. The molecule has 0 amide bonds. The lowest BCUT2D eigenvalue weighted by Crippen LogP contribution is -2.14. The molecule has 0 aliphatic heterocycles. The molecule has 46 heavy (non-hydrogen) atoms. The Labute approximate surface area is 267 Å². The lowest BCUT2D eigenvalue weighted by atomic mass is 9.82. The monoisotopic (exact) mass is 590 g/mol. The van der Waals surface area contributed by atoms with Crippen LogP contribution in [0.5, 0.6) is 0 Å². The van der Waals surface area contributed by atoms with Crippen molar-refractivity contribution in [1.29, 1.82) is 0 Å². The lowest BCUT2D eigenvalue weighted by molar-refractivity contribution is 0.660. The molecule has 9 rings (SSSR count). The first-order valence-corrected chi connectivity index (χ1v) is 15.7. The van der Waals surface area contributed by atoms with Crippen LogP contribution in [0.1, 0.15) is 25.0 Å². The third kappa shape index (κ3) is 3.97. The first kappa shape index (κ1) is 26.5. The first-order chi connectivity index (χ1) is 22.6. The van der Waals surface area contributed by atoms with Crippen molar-refractivity contribution in [2.75, 3.05) is 0 Å². The van der Waals surface area contributed by atoms with Gasteiger partial charge in [-0.15, -0.1) is 0 Å². The number of hydrogen-bond donors (Lipinski definition) is 0. The minimum absolute atomic E-state index is 0.108. The number of fused-ring (bicyclic) bond motifs is 6. The first-order valence-electron chi connectivity index (χ1n) is 15.7. The summed E-state index contributed by atoms with van der Waals surface area (Å²) in [6.07, 6.45) is 0. The summed E-state index contributed by atoms with van der Waals surface area (Å²) < 4.78 is 2.33. The van der Waals surface area contributed by atoms with Gasteiger partial charge in [-0.2, -0.15) is 0 Å². The van der Waals surface area contributed by atoms with Gasteiger partial charge in [0.2, 0.25) is 0 Å². The predicted octanol–water partition coefficient (Wildman–Crippen LogP) is 10.3. The van der Waals surface area contributed by atoms with Crippen LogP contribution in [0, 0.1) is 0 Å². The van der Waals surface area contributed by atoms with Gasteiger partial charge in [-0.1, -0.05) is 123 Å². The number of benzene rings is 6. The molecule has 0 radical (unpaired) electrons. The molecule has 1 aliphatic carbocycles. The molecule has 1 aliphatic rings. The molecule has 0 bridgehead atoms. The Hall–Kier alpha value is -5.87. The largest absolute Gasteiger partial charge is 0.309 e. The molecule has 0 atom stereocenters. The van der Waals surface area contributed by atoms with Crippen molar-refractivity contribution in [2.24, 2.45) is 0 Å². The molecule has 0 saturated carbocycles. The van der Waals surface area contributed by atoms with Crippen LogP contribution in [-0.4, -0.2) is 19.5 Å². The predicted molar refractivity (Wildman–Crippen MR) is 188 cm³/mol. The van der Waals surface area contributed by atoms with Gasteiger partial charge in [0, 0.05) is 38.6 Å². The Morgan fingerprint density at radius 1 is 0.435 bits per heavy atom. The highest BCUT2D eigenvalue weighted by Gasteiger charge is 2.37. The average Bonchev–Trinajstić information content (AvgIpc) is 3.57. The molecule has 0 saturated heterocycles. The van der Waals surface area contributed by atoms with Crippen LogP contribution in [0.4, 0.5) is 0 Å². The van der Waals surface area contributed by atoms with Gasteiger partial charge >= 0.3 is 0 Å². The lowest BCUT2D eigenvalue weighted by Gasteiger charge is -2.21. The van der Waals surface area contributed by atoms with E-state index in [4.69, 9.17) is 15.0 Å². The summed E-state index contributed by atoms with van der Waals surface area (Å²) in [6, 6.07) is 51.2. The number of aromatic nitrogens is 4. The van der Waals surface area contributed by atoms with E-state index in [-0.39, 0.29) is 5.41 Å². The van der Waals surface area contributed by atoms with Gasteiger partial charge in [-0.25, -0.2) is 15.0 Å². The maximum absolute atomic E-state index is 5.16. The van der Waals surface area contributed by atoms with E-state index in [2.05, 4.69) is 146 Å². The molecule has 218 valence electrons. The summed E-state index contributed by atoms with van der Waals surface area (Å²) in [5.74, 6) is 2.00. The highest BCUT2D eigenvalue weighted by atomic mass is 15.0. The van der Waals surface area contributed by atoms with Gasteiger partial charge in [0.05, 0.1) is 11.0 Å². The second-order valence-electron chi connectivity index (χ2n) is 12.5. The van der Waals surface area contributed by atoms with Crippen molar-refractivity contribution in [3.8, 4) is 51.0 Å². The zero-order valence-electron chi connectivity index (χ0n) is 25.6. The Balaban J connectivity index is 1.22. The molecule has 0 N–H and O–H groups in total. The van der Waals surface area contributed by atoms with Crippen molar-refractivity contribution >= 4 is 21.8 Å². The molecular weight excluding hydrogens is 560 g/mol. The Morgan fingerprint density at radius 2 is 0.957 bits per heavy atom. The fourth-order valence-electron chi connectivity index (χ4n) is 7.24. The molecule has 8 aromatic rings. The normalized spacial score (nSPS) is 13.2. The summed E-state index contributed by atoms with van der Waals surface area (Å²) in [5, 5.41) is 2.49. The van der Waals surface area contributed by atoms with Crippen molar-refractivity contribution in [2.45, 2.75) is 19.3 Å². The molecule has 2 heterocycles. The summed E-state index contributed by atoms with van der Waals surface area (Å²) in [7, 11) is 0. The van der Waals surface area contributed by atoms with E-state index < -0.39 is 0 Å². The smallest absolute Gasteiger partial charge is 0.164 e. The zero-order valence-corrected chi connectivity index (χ0v) is 25.6. The second kappa shape index (κ2) is 10.1. The van der Waals surface area contributed by atoms with Gasteiger partial charge in [0.25, 0.3) is 0 Å². The van der Waals surface area contributed by atoms with Crippen LogP contribution < -0.4 is 0 Å². The van der Waals surface area contributed by atoms with Crippen LogP contribution in [-0.2, 0) is 5.41 Å². The van der Waals surface area contributed by atoms with Gasteiger partial charge in [-0.3, -0.25) is 0 Å². The minimum Gasteiger partial charge on any atom is -0.309 e. The van der Waals surface area contributed by atoms with Crippen LogP contribution in [0.25, 0.3) is 72.8 Å². The third-order valence-corrected chi connectivity index (χ3v) is 9.48. The Morgan fingerprint density at radius 3 is 1.65 bits per heavy atom. The van der Waals surface area contributed by atoms with Gasteiger partial charge in [0.1, 0.15) is 0 Å². The zero-order chi connectivity index (χ0) is 30.8. The van der Waals surface area contributed by atoms with Crippen molar-refractivity contribution in [3.63, 3.8) is 0 Å². The molecule has 4 heteroatoms. The molecule has 0 unspecified atom stereocenters. The molecule has 0 fully saturated rings. The van der Waals surface area contributed by atoms with Crippen LogP contribution in [0.15, 0.2) is 146 Å². The van der Waals surface area contributed by atoms with Crippen molar-refractivity contribution in [3.05, 3.63) is 157 Å². The fourth-order valence-corrected chi connectivity index (χ4v) is 7.24. The van der Waals surface area contributed by atoms with Crippen LogP contribution in [0.2, 0.25) is 0 Å².